The van der Waals surface area contributed by atoms with Crippen LogP contribution >= 0.6 is 35.1 Å². The van der Waals surface area contributed by atoms with Crippen LogP contribution in [-0.4, -0.2) is 29.0 Å². The SMILES string of the molecule is Cc1ncc(CN(Cc2ccsc2)C2CC23CCNCC3)s1.Cl. The van der Waals surface area contributed by atoms with Crippen LogP contribution in [0.3, 0.4) is 0 Å². The number of piperidine rings is 1. The lowest BCUT2D eigenvalue weighted by Gasteiger charge is -2.29. The Morgan fingerprint density at radius 2 is 2.17 bits per heavy atom. The normalized spacial score (nSPS) is 22.3. The molecule has 3 heterocycles. The van der Waals surface area contributed by atoms with Crippen molar-refractivity contribution in [1.82, 2.24) is 15.2 Å². The average Bonchev–Trinajstić information content (AvgIpc) is 2.90. The van der Waals surface area contributed by atoms with Crippen molar-refractivity contribution in [3.63, 3.8) is 0 Å². The van der Waals surface area contributed by atoms with Crippen molar-refractivity contribution in [3.8, 4) is 0 Å². The van der Waals surface area contributed by atoms with Crippen LogP contribution in [0.5, 0.6) is 0 Å². The zero-order chi connectivity index (χ0) is 15.0. The molecule has 0 aromatic carbocycles. The van der Waals surface area contributed by atoms with Gasteiger partial charge in [-0.15, -0.1) is 23.7 Å². The molecular formula is C17H24ClN3S2. The third-order valence-electron chi connectivity index (χ3n) is 5.18. The maximum Gasteiger partial charge on any atom is 0.0897 e. The van der Waals surface area contributed by atoms with Gasteiger partial charge in [-0.25, -0.2) is 4.98 Å². The molecule has 2 aliphatic rings. The van der Waals surface area contributed by atoms with E-state index in [0.29, 0.717) is 5.41 Å². The Kier molecular flexibility index (Phi) is 5.43. The molecule has 4 rings (SSSR count). The molecule has 0 bridgehead atoms. The summed E-state index contributed by atoms with van der Waals surface area (Å²) in [6, 6.07) is 3.03. The zero-order valence-corrected chi connectivity index (χ0v) is 15.9. The molecule has 126 valence electrons. The van der Waals surface area contributed by atoms with Gasteiger partial charge in [0.25, 0.3) is 0 Å². The van der Waals surface area contributed by atoms with Gasteiger partial charge in [0.2, 0.25) is 0 Å². The summed E-state index contributed by atoms with van der Waals surface area (Å²) in [5, 5.41) is 9.18. The van der Waals surface area contributed by atoms with Crippen LogP contribution in [0.15, 0.2) is 23.0 Å². The molecule has 1 unspecified atom stereocenters. The van der Waals surface area contributed by atoms with E-state index in [9.17, 15) is 0 Å². The van der Waals surface area contributed by atoms with Crippen LogP contribution in [0.2, 0.25) is 0 Å². The van der Waals surface area contributed by atoms with E-state index in [1.54, 1.807) is 11.3 Å². The topological polar surface area (TPSA) is 28.2 Å². The zero-order valence-electron chi connectivity index (χ0n) is 13.5. The van der Waals surface area contributed by atoms with Gasteiger partial charge in [0.1, 0.15) is 0 Å². The highest BCUT2D eigenvalue weighted by atomic mass is 35.5. The van der Waals surface area contributed by atoms with Gasteiger partial charge in [-0.05, 0) is 67.1 Å². The van der Waals surface area contributed by atoms with E-state index in [4.69, 9.17) is 0 Å². The number of halogens is 1. The van der Waals surface area contributed by atoms with E-state index in [0.717, 1.165) is 19.1 Å². The summed E-state index contributed by atoms with van der Waals surface area (Å²) < 4.78 is 0. The number of nitrogens with zero attached hydrogens (tertiary/aromatic N) is 2. The predicted octanol–water partition coefficient (Wildman–Crippen LogP) is 4.08. The summed E-state index contributed by atoms with van der Waals surface area (Å²) in [4.78, 5) is 8.55. The molecule has 1 atom stereocenters. The molecule has 23 heavy (non-hydrogen) atoms. The van der Waals surface area contributed by atoms with Crippen molar-refractivity contribution >= 4 is 35.1 Å². The molecule has 1 saturated carbocycles. The number of aryl methyl sites for hydroxylation is 1. The quantitative estimate of drug-likeness (QED) is 0.860. The smallest absolute Gasteiger partial charge is 0.0897 e. The summed E-state index contributed by atoms with van der Waals surface area (Å²) in [5.74, 6) is 0. The first-order chi connectivity index (χ1) is 10.8. The molecule has 2 fully saturated rings. The summed E-state index contributed by atoms with van der Waals surface area (Å²) in [5.41, 5.74) is 2.06. The first kappa shape index (κ1) is 17.4. The second-order valence-electron chi connectivity index (χ2n) is 6.71. The minimum atomic E-state index is 0. The highest BCUT2D eigenvalue weighted by Gasteiger charge is 2.56. The van der Waals surface area contributed by atoms with Crippen LogP contribution in [0, 0.1) is 12.3 Å². The molecule has 1 aliphatic carbocycles. The van der Waals surface area contributed by atoms with Gasteiger partial charge < -0.3 is 5.32 Å². The average molecular weight is 370 g/mol. The molecule has 1 spiro atoms. The van der Waals surface area contributed by atoms with Crippen molar-refractivity contribution in [2.24, 2.45) is 5.41 Å². The second-order valence-corrected chi connectivity index (χ2v) is 8.81. The Balaban J connectivity index is 0.00000156. The second kappa shape index (κ2) is 7.19. The molecule has 1 N–H and O–H groups in total. The molecule has 2 aromatic heterocycles. The van der Waals surface area contributed by atoms with Gasteiger partial charge in [0, 0.05) is 30.2 Å². The maximum absolute atomic E-state index is 4.43. The summed E-state index contributed by atoms with van der Waals surface area (Å²) in [7, 11) is 0. The van der Waals surface area contributed by atoms with Gasteiger partial charge in [-0.1, -0.05) is 0 Å². The largest absolute Gasteiger partial charge is 0.317 e. The van der Waals surface area contributed by atoms with Crippen molar-refractivity contribution in [2.45, 2.75) is 45.3 Å². The van der Waals surface area contributed by atoms with E-state index < -0.39 is 0 Å². The van der Waals surface area contributed by atoms with Crippen molar-refractivity contribution in [2.75, 3.05) is 13.1 Å². The minimum Gasteiger partial charge on any atom is -0.317 e. The summed E-state index contributed by atoms with van der Waals surface area (Å²) >= 11 is 3.65. The lowest BCUT2D eigenvalue weighted by Crippen LogP contribution is -2.35. The maximum atomic E-state index is 4.43. The fourth-order valence-electron chi connectivity index (χ4n) is 3.88. The third kappa shape index (κ3) is 3.80. The Hall–Kier alpha value is -0.460. The summed E-state index contributed by atoms with van der Waals surface area (Å²) in [6.07, 6.45) is 6.15. The van der Waals surface area contributed by atoms with E-state index in [-0.39, 0.29) is 12.4 Å². The molecule has 1 aliphatic heterocycles. The van der Waals surface area contributed by atoms with Gasteiger partial charge in [-0.2, -0.15) is 11.3 Å². The fraction of sp³-hybridized carbons (Fsp3) is 0.588. The third-order valence-corrected chi connectivity index (χ3v) is 6.81. The first-order valence-electron chi connectivity index (χ1n) is 8.12. The molecule has 0 radical (unpaired) electrons. The minimum absolute atomic E-state index is 0. The van der Waals surface area contributed by atoms with Crippen LogP contribution in [0.4, 0.5) is 0 Å². The molecule has 1 saturated heterocycles. The van der Waals surface area contributed by atoms with Gasteiger partial charge >= 0.3 is 0 Å². The van der Waals surface area contributed by atoms with Gasteiger partial charge in [0.15, 0.2) is 0 Å². The highest BCUT2D eigenvalue weighted by molar-refractivity contribution is 7.11. The van der Waals surface area contributed by atoms with E-state index in [1.165, 1.54) is 47.8 Å². The number of aromatic nitrogens is 1. The number of thiazole rings is 1. The van der Waals surface area contributed by atoms with E-state index in [1.807, 2.05) is 11.3 Å². The van der Waals surface area contributed by atoms with E-state index >= 15 is 0 Å². The number of nitrogens with one attached hydrogen (secondary N) is 1. The van der Waals surface area contributed by atoms with Crippen LogP contribution < -0.4 is 5.32 Å². The number of rotatable bonds is 5. The van der Waals surface area contributed by atoms with Crippen molar-refractivity contribution < 1.29 is 0 Å². The molecular weight excluding hydrogens is 346 g/mol. The Labute approximate surface area is 152 Å². The fourth-order valence-corrected chi connectivity index (χ4v) is 5.36. The number of thiophene rings is 1. The Morgan fingerprint density at radius 3 is 2.83 bits per heavy atom. The number of hydrogen-bond donors (Lipinski definition) is 1. The van der Waals surface area contributed by atoms with Gasteiger partial charge in [0.05, 0.1) is 5.01 Å². The van der Waals surface area contributed by atoms with E-state index in [2.05, 4.69) is 45.1 Å². The van der Waals surface area contributed by atoms with Crippen LogP contribution in [0.25, 0.3) is 0 Å². The summed E-state index contributed by atoms with van der Waals surface area (Å²) in [6.45, 7) is 6.63. The number of hydrogen-bond acceptors (Lipinski definition) is 5. The Bertz CT molecular complexity index is 620. The molecule has 6 heteroatoms. The Morgan fingerprint density at radius 1 is 1.35 bits per heavy atom. The molecule has 2 aromatic rings. The van der Waals surface area contributed by atoms with Crippen molar-refractivity contribution in [1.29, 1.82) is 0 Å². The molecule has 0 amide bonds. The lowest BCUT2D eigenvalue weighted by atomic mass is 9.93. The monoisotopic (exact) mass is 369 g/mol. The van der Waals surface area contributed by atoms with Crippen LogP contribution in [0.1, 0.15) is 34.7 Å². The standard InChI is InChI=1S/C17H23N3S2.ClH/c1-13-19-9-15(22-13)11-20(10-14-2-7-21-12-14)16-8-17(16)3-5-18-6-4-17;/h2,7,9,12,16,18H,3-6,8,10-11H2,1H3;1H. The van der Waals surface area contributed by atoms with Crippen LogP contribution in [-0.2, 0) is 13.1 Å². The van der Waals surface area contributed by atoms with Crippen molar-refractivity contribution in [3.05, 3.63) is 38.5 Å². The first-order valence-corrected chi connectivity index (χ1v) is 9.88. The highest BCUT2D eigenvalue weighted by Crippen LogP contribution is 2.56. The lowest BCUT2D eigenvalue weighted by molar-refractivity contribution is 0.189. The molecule has 3 nitrogen and oxygen atoms in total. The van der Waals surface area contributed by atoms with Gasteiger partial charge in [-0.3, -0.25) is 4.90 Å². The predicted molar refractivity (Wildman–Crippen MR) is 101 cm³/mol.